The van der Waals surface area contributed by atoms with Crippen LogP contribution >= 0.6 is 11.6 Å². The maximum atomic E-state index is 11.5. The van der Waals surface area contributed by atoms with Gasteiger partial charge in [0.05, 0.1) is 18.6 Å². The Morgan fingerprint density at radius 2 is 2.07 bits per heavy atom. The van der Waals surface area contributed by atoms with E-state index in [0.29, 0.717) is 24.6 Å². The van der Waals surface area contributed by atoms with Crippen LogP contribution in [0.3, 0.4) is 0 Å². The number of rotatable bonds is 10. The van der Waals surface area contributed by atoms with Gasteiger partial charge < -0.3 is 14.4 Å². The number of halogens is 1. The van der Waals surface area contributed by atoms with E-state index in [1.165, 1.54) is 0 Å². The summed E-state index contributed by atoms with van der Waals surface area (Å²) in [5.41, 5.74) is 0.980. The van der Waals surface area contributed by atoms with Gasteiger partial charge in [0.2, 0.25) is 0 Å². The van der Waals surface area contributed by atoms with E-state index in [-0.39, 0.29) is 0 Å². The second kappa shape index (κ2) is 9.27. The van der Waals surface area contributed by atoms with Crippen LogP contribution < -0.4 is 4.74 Å². The predicted octanol–water partition coefficient (Wildman–Crippen LogP) is 5.12. The molecule has 27 heavy (non-hydrogen) atoms. The molecule has 2 aromatic rings. The Hall–Kier alpha value is -2.01. The summed E-state index contributed by atoms with van der Waals surface area (Å²) >= 11 is 6.47. The maximum Gasteiger partial charge on any atom is 0.309 e. The SMILES string of the molecule is CCCCCOc1ccc(Cn2c(CC(C)(C)C(=O)O)cnc2C)c(Cl)c1. The van der Waals surface area contributed by atoms with Crippen molar-refractivity contribution in [2.24, 2.45) is 5.41 Å². The van der Waals surface area contributed by atoms with Crippen molar-refractivity contribution < 1.29 is 14.6 Å². The first-order chi connectivity index (χ1) is 12.7. The molecule has 1 aromatic heterocycles. The first-order valence-corrected chi connectivity index (χ1v) is 9.78. The second-order valence-corrected chi connectivity index (χ2v) is 7.96. The van der Waals surface area contributed by atoms with E-state index < -0.39 is 11.4 Å². The standard InChI is InChI=1S/C21H29ClN2O3/c1-5-6-7-10-27-18-9-8-16(19(22)11-18)14-24-15(2)23-13-17(24)12-21(3,4)20(25)26/h8-9,11,13H,5-7,10,12,14H2,1-4H3,(H,25,26). The molecule has 6 heteroatoms. The minimum Gasteiger partial charge on any atom is -0.494 e. The maximum absolute atomic E-state index is 11.5. The molecular formula is C21H29ClN2O3. The smallest absolute Gasteiger partial charge is 0.309 e. The Kier molecular flexibility index (Phi) is 7.31. The molecular weight excluding hydrogens is 364 g/mol. The molecule has 0 amide bonds. The van der Waals surface area contributed by atoms with Crippen LogP contribution in [0.1, 0.15) is 57.1 Å². The van der Waals surface area contributed by atoms with Crippen molar-refractivity contribution in [2.45, 2.75) is 59.9 Å². The number of hydrogen-bond donors (Lipinski definition) is 1. The molecule has 0 saturated heterocycles. The van der Waals surface area contributed by atoms with E-state index >= 15 is 0 Å². The van der Waals surface area contributed by atoms with Crippen molar-refractivity contribution in [1.82, 2.24) is 9.55 Å². The molecule has 0 fully saturated rings. The first-order valence-electron chi connectivity index (χ1n) is 9.40. The Labute approximate surface area is 166 Å². The van der Waals surface area contributed by atoms with E-state index in [1.54, 1.807) is 20.0 Å². The summed E-state index contributed by atoms with van der Waals surface area (Å²) < 4.78 is 7.77. The van der Waals surface area contributed by atoms with Gasteiger partial charge in [-0.15, -0.1) is 0 Å². The van der Waals surface area contributed by atoms with Crippen LogP contribution in [0.15, 0.2) is 24.4 Å². The molecule has 0 aliphatic carbocycles. The Morgan fingerprint density at radius 1 is 1.33 bits per heavy atom. The zero-order valence-corrected chi connectivity index (χ0v) is 17.3. The van der Waals surface area contributed by atoms with Crippen LogP contribution in [0, 0.1) is 12.3 Å². The lowest BCUT2D eigenvalue weighted by Crippen LogP contribution is -2.27. The highest BCUT2D eigenvalue weighted by Gasteiger charge is 2.29. The van der Waals surface area contributed by atoms with Crippen molar-refractivity contribution in [3.63, 3.8) is 0 Å². The predicted molar refractivity (Wildman–Crippen MR) is 108 cm³/mol. The molecule has 0 atom stereocenters. The van der Waals surface area contributed by atoms with Gasteiger partial charge in [0.1, 0.15) is 11.6 Å². The van der Waals surface area contributed by atoms with E-state index in [1.807, 2.05) is 29.7 Å². The number of aromatic nitrogens is 2. The third-order valence-electron chi connectivity index (χ3n) is 4.71. The third kappa shape index (κ3) is 5.73. The van der Waals surface area contributed by atoms with Crippen molar-refractivity contribution >= 4 is 17.6 Å². The van der Waals surface area contributed by atoms with E-state index in [0.717, 1.165) is 42.1 Å². The quantitative estimate of drug-likeness (QED) is 0.570. The molecule has 0 bridgehead atoms. The fourth-order valence-electron chi connectivity index (χ4n) is 2.86. The minimum atomic E-state index is -0.857. The van der Waals surface area contributed by atoms with Crippen LogP contribution in [0.4, 0.5) is 0 Å². The van der Waals surface area contributed by atoms with Gasteiger partial charge in [-0.3, -0.25) is 4.79 Å². The van der Waals surface area contributed by atoms with Gasteiger partial charge >= 0.3 is 5.97 Å². The van der Waals surface area contributed by atoms with E-state index in [2.05, 4.69) is 11.9 Å². The second-order valence-electron chi connectivity index (χ2n) is 7.56. The Bertz CT molecular complexity index is 784. The van der Waals surface area contributed by atoms with Crippen LogP contribution in [0.2, 0.25) is 5.02 Å². The largest absolute Gasteiger partial charge is 0.494 e. The summed E-state index contributed by atoms with van der Waals surface area (Å²) in [6.45, 7) is 8.76. The van der Waals surface area contributed by atoms with Crippen LogP contribution in [-0.4, -0.2) is 27.2 Å². The average molecular weight is 393 g/mol. The highest BCUT2D eigenvalue weighted by atomic mass is 35.5. The number of hydrogen-bond acceptors (Lipinski definition) is 3. The molecule has 0 radical (unpaired) electrons. The fourth-order valence-corrected chi connectivity index (χ4v) is 3.09. The average Bonchev–Trinajstić information content (AvgIpc) is 2.93. The van der Waals surface area contributed by atoms with Crippen LogP contribution in [0.25, 0.3) is 0 Å². The lowest BCUT2D eigenvalue weighted by molar-refractivity contribution is -0.146. The summed E-state index contributed by atoms with van der Waals surface area (Å²) in [7, 11) is 0. The lowest BCUT2D eigenvalue weighted by Gasteiger charge is -2.20. The van der Waals surface area contributed by atoms with Crippen molar-refractivity contribution in [3.05, 3.63) is 46.5 Å². The molecule has 148 valence electrons. The molecule has 0 unspecified atom stereocenters. The normalized spacial score (nSPS) is 11.6. The summed E-state index contributed by atoms with van der Waals surface area (Å²) in [6.07, 6.45) is 5.50. The molecule has 1 aromatic carbocycles. The summed E-state index contributed by atoms with van der Waals surface area (Å²) in [5, 5.41) is 10.0. The van der Waals surface area contributed by atoms with Gasteiger partial charge in [0, 0.05) is 23.3 Å². The van der Waals surface area contributed by atoms with Gasteiger partial charge in [-0.05, 0) is 44.9 Å². The lowest BCUT2D eigenvalue weighted by atomic mass is 9.88. The summed E-state index contributed by atoms with van der Waals surface area (Å²) in [4.78, 5) is 15.8. The highest BCUT2D eigenvalue weighted by Crippen LogP contribution is 2.27. The number of benzene rings is 1. The number of imidazole rings is 1. The van der Waals surface area contributed by atoms with Gasteiger partial charge in [-0.1, -0.05) is 37.4 Å². The Balaban J connectivity index is 2.13. The van der Waals surface area contributed by atoms with Gasteiger partial charge in [0.15, 0.2) is 0 Å². The monoisotopic (exact) mass is 392 g/mol. The zero-order valence-electron chi connectivity index (χ0n) is 16.6. The molecule has 2 rings (SSSR count). The zero-order chi connectivity index (χ0) is 20.0. The van der Waals surface area contributed by atoms with Crippen molar-refractivity contribution in [1.29, 1.82) is 0 Å². The number of aryl methyl sites for hydroxylation is 1. The van der Waals surface area contributed by atoms with Gasteiger partial charge in [0.25, 0.3) is 0 Å². The molecule has 1 heterocycles. The number of carbonyl (C=O) groups is 1. The number of nitrogens with zero attached hydrogens (tertiary/aromatic N) is 2. The Morgan fingerprint density at radius 3 is 2.70 bits per heavy atom. The number of carboxylic acid groups (broad SMARTS) is 1. The minimum absolute atomic E-state index is 0.402. The molecule has 0 aliphatic rings. The van der Waals surface area contributed by atoms with E-state index in [9.17, 15) is 9.90 Å². The number of unbranched alkanes of at least 4 members (excludes halogenated alkanes) is 2. The number of aliphatic carboxylic acids is 1. The van der Waals surface area contributed by atoms with Gasteiger partial charge in [-0.2, -0.15) is 0 Å². The van der Waals surface area contributed by atoms with Crippen molar-refractivity contribution in [3.8, 4) is 5.75 Å². The van der Waals surface area contributed by atoms with E-state index in [4.69, 9.17) is 16.3 Å². The molecule has 0 spiro atoms. The molecule has 1 N–H and O–H groups in total. The number of ether oxygens (including phenoxy) is 1. The highest BCUT2D eigenvalue weighted by molar-refractivity contribution is 6.31. The van der Waals surface area contributed by atoms with Crippen LogP contribution in [0.5, 0.6) is 5.75 Å². The third-order valence-corrected chi connectivity index (χ3v) is 5.06. The summed E-state index contributed by atoms with van der Waals surface area (Å²) in [6, 6.07) is 5.74. The number of carboxylic acids is 1. The molecule has 5 nitrogen and oxygen atoms in total. The molecule has 0 aliphatic heterocycles. The topological polar surface area (TPSA) is 64.3 Å². The first kappa shape index (κ1) is 21.3. The summed E-state index contributed by atoms with van der Waals surface area (Å²) in [5.74, 6) is 0.784. The van der Waals surface area contributed by atoms with Crippen molar-refractivity contribution in [2.75, 3.05) is 6.61 Å². The van der Waals surface area contributed by atoms with Crippen LogP contribution in [-0.2, 0) is 17.8 Å². The molecule has 0 saturated carbocycles. The fraction of sp³-hybridized carbons (Fsp3) is 0.524. The van der Waals surface area contributed by atoms with Gasteiger partial charge in [-0.25, -0.2) is 4.98 Å².